The van der Waals surface area contributed by atoms with Gasteiger partial charge in [-0.25, -0.2) is 9.37 Å². The molecule has 3 amide bonds. The number of likely N-dealkylation sites (N-methyl/N-ethyl adjacent to an activating group) is 1. The number of amidine groups is 1. The van der Waals surface area contributed by atoms with Crippen molar-refractivity contribution in [3.8, 4) is 0 Å². The van der Waals surface area contributed by atoms with Crippen LogP contribution >= 0.6 is 0 Å². The number of carbonyl (C=O) groups excluding carboxylic acids is 2. The Morgan fingerprint density at radius 3 is 2.65 bits per heavy atom. The molecule has 4 aliphatic rings. The Bertz CT molecular complexity index is 719. The van der Waals surface area contributed by atoms with E-state index in [4.69, 9.17) is 4.99 Å². The average Bonchev–Trinajstić information content (AvgIpc) is 3.04. The van der Waals surface area contributed by atoms with Crippen molar-refractivity contribution in [3.63, 3.8) is 0 Å². The first-order valence-corrected chi connectivity index (χ1v) is 9.71. The van der Waals surface area contributed by atoms with Gasteiger partial charge in [-0.05, 0) is 19.8 Å². The van der Waals surface area contributed by atoms with E-state index in [9.17, 15) is 9.59 Å². The molecule has 4 rings (SSSR count). The number of rotatable bonds is 3. The van der Waals surface area contributed by atoms with E-state index in [1.54, 1.807) is 11.9 Å². The van der Waals surface area contributed by atoms with Crippen LogP contribution in [0.2, 0.25) is 0 Å². The Balaban J connectivity index is 1.68. The largest absolute Gasteiger partial charge is 0.392 e. The highest BCUT2D eigenvalue weighted by molar-refractivity contribution is 6.23. The molecule has 26 heavy (non-hydrogen) atoms. The first kappa shape index (κ1) is 17.2. The molecule has 0 bridgehead atoms. The highest BCUT2D eigenvalue weighted by Gasteiger charge is 2.54. The van der Waals surface area contributed by atoms with E-state index < -0.39 is 6.04 Å². The summed E-state index contributed by atoms with van der Waals surface area (Å²) in [6.45, 7) is 7.76. The van der Waals surface area contributed by atoms with Crippen molar-refractivity contribution in [1.82, 2.24) is 14.7 Å². The molecular weight excluding hydrogens is 330 g/mol. The molecule has 7 nitrogen and oxygen atoms in total. The van der Waals surface area contributed by atoms with E-state index in [0.29, 0.717) is 11.9 Å². The molecule has 7 heteroatoms. The SMILES string of the molecule is C=C(C)CN1C(=O)C2C(=NC3=[N+]2CCCN3C2CCCCC2)N(C)C1=O. The number of nitrogens with zero attached hydrogens (tertiary/aromatic N) is 5. The van der Waals surface area contributed by atoms with Gasteiger partial charge in [0.05, 0.1) is 25.7 Å². The van der Waals surface area contributed by atoms with Gasteiger partial charge in [0.25, 0.3) is 5.91 Å². The number of fused-ring (bicyclic) bond motifs is 2. The van der Waals surface area contributed by atoms with E-state index in [-0.39, 0.29) is 18.5 Å². The number of aliphatic imine (C=N–C) groups is 1. The Labute approximate surface area is 154 Å². The van der Waals surface area contributed by atoms with Gasteiger partial charge in [-0.3, -0.25) is 19.5 Å². The topological polar surface area (TPSA) is 59.2 Å². The van der Waals surface area contributed by atoms with E-state index in [0.717, 1.165) is 31.0 Å². The van der Waals surface area contributed by atoms with E-state index >= 15 is 0 Å². The Morgan fingerprint density at radius 1 is 1.23 bits per heavy atom. The van der Waals surface area contributed by atoms with Crippen LogP contribution in [-0.4, -0.2) is 81.8 Å². The second kappa shape index (κ2) is 6.52. The third-order valence-electron chi connectivity index (χ3n) is 5.89. The highest BCUT2D eigenvalue weighted by Crippen LogP contribution is 2.29. The maximum atomic E-state index is 13.1. The van der Waals surface area contributed by atoms with Crippen molar-refractivity contribution in [1.29, 1.82) is 0 Å². The van der Waals surface area contributed by atoms with E-state index in [1.807, 2.05) is 6.92 Å². The second-order valence-electron chi connectivity index (χ2n) is 7.93. The normalized spacial score (nSPS) is 26.9. The number of hydrogen-bond acceptors (Lipinski definition) is 4. The summed E-state index contributed by atoms with van der Waals surface area (Å²) < 4.78 is 2.12. The zero-order valence-corrected chi connectivity index (χ0v) is 15.8. The van der Waals surface area contributed by atoms with Gasteiger partial charge >= 0.3 is 12.0 Å². The number of guanidine groups is 1. The first-order valence-electron chi connectivity index (χ1n) is 9.71. The fourth-order valence-corrected chi connectivity index (χ4v) is 4.63. The summed E-state index contributed by atoms with van der Waals surface area (Å²) in [5.41, 5.74) is 0.796. The van der Waals surface area contributed by atoms with E-state index in [2.05, 4.69) is 16.1 Å². The number of urea groups is 1. The highest BCUT2D eigenvalue weighted by atomic mass is 16.2. The molecule has 2 fully saturated rings. The summed E-state index contributed by atoms with van der Waals surface area (Å²) in [5.74, 6) is 1.30. The van der Waals surface area contributed by atoms with Crippen LogP contribution in [0.4, 0.5) is 4.79 Å². The monoisotopic (exact) mass is 358 g/mol. The summed E-state index contributed by atoms with van der Waals surface area (Å²) >= 11 is 0. The Morgan fingerprint density at radius 2 is 1.96 bits per heavy atom. The Kier molecular flexibility index (Phi) is 4.32. The van der Waals surface area contributed by atoms with Crippen molar-refractivity contribution >= 4 is 23.7 Å². The van der Waals surface area contributed by atoms with Gasteiger partial charge in [0, 0.05) is 13.5 Å². The average molecular weight is 358 g/mol. The summed E-state index contributed by atoms with van der Waals surface area (Å²) in [4.78, 5) is 35.8. The molecule has 140 valence electrons. The molecule has 0 aromatic rings. The molecular formula is C19H28N5O2+. The fourth-order valence-electron chi connectivity index (χ4n) is 4.63. The number of carbonyl (C=O) groups is 2. The first-order chi connectivity index (χ1) is 12.5. The molecule has 0 radical (unpaired) electrons. The quantitative estimate of drug-likeness (QED) is 0.569. The summed E-state index contributed by atoms with van der Waals surface area (Å²) in [5, 5.41) is 0. The van der Waals surface area contributed by atoms with Crippen molar-refractivity contribution in [2.75, 3.05) is 26.7 Å². The van der Waals surface area contributed by atoms with Gasteiger partial charge in [-0.1, -0.05) is 36.4 Å². The molecule has 3 heterocycles. The van der Waals surface area contributed by atoms with Crippen LogP contribution in [-0.2, 0) is 4.79 Å². The minimum Gasteiger partial charge on any atom is -0.270 e. The van der Waals surface area contributed by atoms with Gasteiger partial charge in [0.2, 0.25) is 11.9 Å². The maximum absolute atomic E-state index is 13.1. The van der Waals surface area contributed by atoms with Gasteiger partial charge in [0.1, 0.15) is 0 Å². The zero-order chi connectivity index (χ0) is 18.4. The molecule has 0 N–H and O–H groups in total. The van der Waals surface area contributed by atoms with Crippen LogP contribution < -0.4 is 0 Å². The maximum Gasteiger partial charge on any atom is 0.392 e. The van der Waals surface area contributed by atoms with Crippen LogP contribution in [0.15, 0.2) is 17.1 Å². The van der Waals surface area contributed by atoms with Gasteiger partial charge < -0.3 is 0 Å². The third-order valence-corrected chi connectivity index (χ3v) is 5.89. The number of amides is 3. The van der Waals surface area contributed by atoms with Gasteiger partial charge in [0.15, 0.2) is 0 Å². The molecule has 1 atom stereocenters. The molecule has 1 saturated carbocycles. The second-order valence-corrected chi connectivity index (χ2v) is 7.93. The van der Waals surface area contributed by atoms with Gasteiger partial charge in [-0.15, -0.1) is 0 Å². The van der Waals surface area contributed by atoms with Crippen molar-refractivity contribution < 1.29 is 14.2 Å². The van der Waals surface area contributed by atoms with Crippen LogP contribution in [0.5, 0.6) is 0 Å². The van der Waals surface area contributed by atoms with Crippen molar-refractivity contribution in [2.24, 2.45) is 4.99 Å². The lowest BCUT2D eigenvalue weighted by atomic mass is 9.94. The van der Waals surface area contributed by atoms with Crippen LogP contribution in [0.1, 0.15) is 45.4 Å². The lowest BCUT2D eigenvalue weighted by molar-refractivity contribution is -0.545. The lowest BCUT2D eigenvalue weighted by Gasteiger charge is -2.35. The van der Waals surface area contributed by atoms with Crippen molar-refractivity contribution in [3.05, 3.63) is 12.2 Å². The minimum absolute atomic E-state index is 0.171. The molecule has 1 unspecified atom stereocenters. The molecule has 3 aliphatic heterocycles. The summed E-state index contributed by atoms with van der Waals surface area (Å²) in [6.07, 6.45) is 7.24. The lowest BCUT2D eigenvalue weighted by Crippen LogP contribution is -2.63. The molecule has 1 aliphatic carbocycles. The standard InChI is InChI=1S/C19H28N5O2/c1-13(2)12-24-17(25)15-16(21(3)19(24)26)20-18-22(10-7-11-23(15)18)14-8-5-4-6-9-14/h14-15H,1,4-12H2,2-3H3/q+1. The van der Waals surface area contributed by atoms with Crippen LogP contribution in [0, 0.1) is 0 Å². The molecule has 1 saturated heterocycles. The Hall–Kier alpha value is -2.18. The smallest absolute Gasteiger partial charge is 0.270 e. The van der Waals surface area contributed by atoms with Crippen molar-refractivity contribution in [2.45, 2.75) is 57.5 Å². The summed E-state index contributed by atoms with van der Waals surface area (Å²) in [7, 11) is 1.72. The van der Waals surface area contributed by atoms with E-state index in [1.165, 1.54) is 37.0 Å². The summed E-state index contributed by atoms with van der Waals surface area (Å²) in [6, 6.07) is -0.273. The molecule has 0 spiro atoms. The number of hydrogen-bond donors (Lipinski definition) is 0. The molecule has 0 aromatic heterocycles. The predicted molar refractivity (Wildman–Crippen MR) is 99.2 cm³/mol. The van der Waals surface area contributed by atoms with Crippen LogP contribution in [0.3, 0.4) is 0 Å². The van der Waals surface area contributed by atoms with Crippen LogP contribution in [0.25, 0.3) is 0 Å². The third kappa shape index (κ3) is 2.64. The van der Waals surface area contributed by atoms with Gasteiger partial charge in [-0.2, -0.15) is 0 Å². The minimum atomic E-state index is -0.474. The molecule has 0 aromatic carbocycles. The predicted octanol–water partition coefficient (Wildman–Crippen LogP) is 1.64. The zero-order valence-electron chi connectivity index (χ0n) is 15.8. The number of imide groups is 1. The fraction of sp³-hybridized carbons (Fsp3) is 0.684.